The molecule has 0 unspecified atom stereocenters. The van der Waals surface area contributed by atoms with Crippen molar-refractivity contribution in [3.05, 3.63) is 158 Å². The smallest absolute Gasteiger partial charge is 0.0972 e. The predicted octanol–water partition coefficient (Wildman–Crippen LogP) is 11.7. The molecule has 212 valence electrons. The summed E-state index contributed by atoms with van der Waals surface area (Å²) in [6.07, 6.45) is 1.85. The minimum absolute atomic E-state index is 0.936. The van der Waals surface area contributed by atoms with Crippen LogP contribution in [0.2, 0.25) is 0 Å². The standard InChI is InChI=1S/C44H26N2/c1-3-11-27(12-4-1)38-33-16-7-8-17-34(33)39(28-13-5-2-6-14-28)42-36-24-23-31(32-18-9-19-35(40(32)36)41(38)42)37-25-22-30-21-20-29-15-10-26-45-43(29)44(30)46-37/h1-26H. The van der Waals surface area contributed by atoms with Crippen LogP contribution in [0.3, 0.4) is 0 Å². The molecule has 0 atom stereocenters. The summed E-state index contributed by atoms with van der Waals surface area (Å²) < 4.78 is 0. The van der Waals surface area contributed by atoms with Gasteiger partial charge in [-0.05, 0) is 78.2 Å². The van der Waals surface area contributed by atoms with Crippen molar-refractivity contribution in [2.24, 2.45) is 0 Å². The highest BCUT2D eigenvalue weighted by Gasteiger charge is 2.31. The first kappa shape index (κ1) is 25.2. The van der Waals surface area contributed by atoms with Gasteiger partial charge in [-0.2, -0.15) is 0 Å². The number of aromatic nitrogens is 2. The molecule has 0 bridgehead atoms. The maximum atomic E-state index is 5.27. The lowest BCUT2D eigenvalue weighted by atomic mass is 9.82. The van der Waals surface area contributed by atoms with Crippen LogP contribution >= 0.6 is 0 Å². The summed E-state index contributed by atoms with van der Waals surface area (Å²) in [5, 5.41) is 7.24. The predicted molar refractivity (Wildman–Crippen MR) is 193 cm³/mol. The van der Waals surface area contributed by atoms with Crippen LogP contribution in [0.4, 0.5) is 0 Å². The molecule has 2 heterocycles. The highest BCUT2D eigenvalue weighted by atomic mass is 14.8. The monoisotopic (exact) mass is 582 g/mol. The van der Waals surface area contributed by atoms with Crippen molar-refractivity contribution in [2.75, 3.05) is 0 Å². The highest BCUT2D eigenvalue weighted by molar-refractivity contribution is 6.28. The van der Waals surface area contributed by atoms with E-state index in [1.807, 2.05) is 12.3 Å². The highest BCUT2D eigenvalue weighted by Crippen LogP contribution is 2.58. The summed E-state index contributed by atoms with van der Waals surface area (Å²) in [5.41, 5.74) is 14.2. The number of fused-ring (bicyclic) bond motifs is 7. The van der Waals surface area contributed by atoms with Gasteiger partial charge in [0.25, 0.3) is 0 Å². The second-order valence-corrected chi connectivity index (χ2v) is 12.1. The van der Waals surface area contributed by atoms with Crippen LogP contribution in [0.15, 0.2) is 158 Å². The lowest BCUT2D eigenvalue weighted by Gasteiger charge is -2.20. The van der Waals surface area contributed by atoms with E-state index in [9.17, 15) is 0 Å². The van der Waals surface area contributed by atoms with Crippen molar-refractivity contribution in [3.63, 3.8) is 0 Å². The van der Waals surface area contributed by atoms with E-state index in [0.29, 0.717) is 0 Å². The van der Waals surface area contributed by atoms with Crippen molar-refractivity contribution in [1.29, 1.82) is 0 Å². The SMILES string of the molecule is c1ccc(-c2c3c(c(-c4ccccc4)c4ccccc24)-c2ccc(-c4ccc5ccc6cccnc6c5n4)c4cccc-3c24)cc1. The van der Waals surface area contributed by atoms with Gasteiger partial charge in [0.1, 0.15) is 0 Å². The fourth-order valence-corrected chi connectivity index (χ4v) is 7.71. The summed E-state index contributed by atoms with van der Waals surface area (Å²) >= 11 is 0. The van der Waals surface area contributed by atoms with Crippen molar-refractivity contribution in [1.82, 2.24) is 9.97 Å². The molecule has 2 heteroatoms. The van der Waals surface area contributed by atoms with Crippen LogP contribution in [0.5, 0.6) is 0 Å². The molecule has 0 amide bonds. The Morgan fingerprint density at radius 1 is 0.348 bits per heavy atom. The third-order valence-electron chi connectivity index (χ3n) is 9.63. The Morgan fingerprint density at radius 2 is 0.913 bits per heavy atom. The maximum absolute atomic E-state index is 5.27. The van der Waals surface area contributed by atoms with E-state index in [0.717, 1.165) is 33.1 Å². The third kappa shape index (κ3) is 3.53. The molecule has 0 N–H and O–H groups in total. The number of benzene rings is 7. The Labute approximate surface area is 266 Å². The molecule has 0 saturated heterocycles. The summed E-state index contributed by atoms with van der Waals surface area (Å²) in [7, 11) is 0. The number of hydrogen-bond donors (Lipinski definition) is 0. The van der Waals surface area contributed by atoms with Gasteiger partial charge >= 0.3 is 0 Å². The van der Waals surface area contributed by atoms with Gasteiger partial charge in [-0.1, -0.05) is 140 Å². The van der Waals surface area contributed by atoms with Gasteiger partial charge in [0.2, 0.25) is 0 Å². The van der Waals surface area contributed by atoms with E-state index in [4.69, 9.17) is 9.97 Å². The van der Waals surface area contributed by atoms with Crippen molar-refractivity contribution < 1.29 is 0 Å². The number of rotatable bonds is 3. The zero-order valence-electron chi connectivity index (χ0n) is 24.9. The molecule has 2 nitrogen and oxygen atoms in total. The second kappa shape index (κ2) is 9.69. The summed E-state index contributed by atoms with van der Waals surface area (Å²) in [4.78, 5) is 9.98. The maximum Gasteiger partial charge on any atom is 0.0972 e. The van der Waals surface area contributed by atoms with Gasteiger partial charge in [0.15, 0.2) is 0 Å². The average molecular weight is 583 g/mol. The van der Waals surface area contributed by atoms with Crippen LogP contribution in [0.25, 0.3) is 99.1 Å². The summed E-state index contributed by atoms with van der Waals surface area (Å²) in [6, 6.07) is 54.7. The molecule has 0 radical (unpaired) electrons. The molecule has 0 aliphatic heterocycles. The van der Waals surface area contributed by atoms with Crippen LogP contribution < -0.4 is 0 Å². The Hall–Kier alpha value is -6.12. The van der Waals surface area contributed by atoms with Gasteiger partial charge in [-0.25, -0.2) is 4.98 Å². The normalized spacial score (nSPS) is 11.9. The van der Waals surface area contributed by atoms with Gasteiger partial charge in [-0.15, -0.1) is 0 Å². The minimum atomic E-state index is 0.936. The van der Waals surface area contributed by atoms with Gasteiger partial charge in [0.05, 0.1) is 16.7 Å². The number of nitrogens with zero attached hydrogens (tertiary/aromatic N) is 2. The van der Waals surface area contributed by atoms with E-state index >= 15 is 0 Å². The molecule has 0 saturated carbocycles. The first-order valence-corrected chi connectivity index (χ1v) is 15.8. The van der Waals surface area contributed by atoms with Crippen molar-refractivity contribution >= 4 is 43.4 Å². The number of pyridine rings is 2. The van der Waals surface area contributed by atoms with Crippen LogP contribution in [0, 0.1) is 0 Å². The Balaban J connectivity index is 1.32. The minimum Gasteiger partial charge on any atom is -0.254 e. The fourth-order valence-electron chi connectivity index (χ4n) is 7.71. The molecular weight excluding hydrogens is 556 g/mol. The van der Waals surface area contributed by atoms with E-state index in [-0.39, 0.29) is 0 Å². The molecule has 0 fully saturated rings. The molecular formula is C44H26N2. The molecule has 0 spiro atoms. The Bertz CT molecular complexity index is 2580. The summed E-state index contributed by atoms with van der Waals surface area (Å²) in [5.74, 6) is 0. The lowest BCUT2D eigenvalue weighted by molar-refractivity contribution is 1.37. The summed E-state index contributed by atoms with van der Waals surface area (Å²) in [6.45, 7) is 0. The topological polar surface area (TPSA) is 25.8 Å². The fraction of sp³-hybridized carbons (Fsp3) is 0. The first-order valence-electron chi connectivity index (χ1n) is 15.8. The molecule has 10 rings (SSSR count). The van der Waals surface area contributed by atoms with Gasteiger partial charge in [-0.3, -0.25) is 4.98 Å². The molecule has 46 heavy (non-hydrogen) atoms. The second-order valence-electron chi connectivity index (χ2n) is 12.1. The first-order chi connectivity index (χ1) is 22.8. The number of hydrogen-bond acceptors (Lipinski definition) is 2. The van der Waals surface area contributed by atoms with Crippen LogP contribution in [0.1, 0.15) is 0 Å². The van der Waals surface area contributed by atoms with Gasteiger partial charge < -0.3 is 0 Å². The molecule has 2 aromatic heterocycles. The molecule has 1 aliphatic carbocycles. The van der Waals surface area contributed by atoms with Crippen molar-refractivity contribution in [3.8, 4) is 55.8 Å². The van der Waals surface area contributed by atoms with Crippen LogP contribution in [-0.4, -0.2) is 9.97 Å². The van der Waals surface area contributed by atoms with Crippen LogP contribution in [-0.2, 0) is 0 Å². The van der Waals surface area contributed by atoms with Crippen molar-refractivity contribution in [2.45, 2.75) is 0 Å². The third-order valence-corrected chi connectivity index (χ3v) is 9.63. The molecule has 7 aromatic carbocycles. The molecule has 1 aliphatic rings. The lowest BCUT2D eigenvalue weighted by Crippen LogP contribution is -1.93. The van der Waals surface area contributed by atoms with E-state index < -0.39 is 0 Å². The average Bonchev–Trinajstić information content (AvgIpc) is 3.46. The largest absolute Gasteiger partial charge is 0.254 e. The van der Waals surface area contributed by atoms with Gasteiger partial charge in [0, 0.05) is 22.5 Å². The zero-order valence-corrected chi connectivity index (χ0v) is 24.9. The zero-order chi connectivity index (χ0) is 30.2. The Morgan fingerprint density at radius 3 is 1.61 bits per heavy atom. The van der Waals surface area contributed by atoms with E-state index in [1.54, 1.807) is 0 Å². The Kier molecular flexibility index (Phi) is 5.31. The van der Waals surface area contributed by atoms with E-state index in [2.05, 4.69) is 146 Å². The quantitative estimate of drug-likeness (QED) is 0.194. The van der Waals surface area contributed by atoms with E-state index in [1.165, 1.54) is 66.1 Å². The molecule has 9 aromatic rings.